The molecule has 0 saturated carbocycles. The predicted molar refractivity (Wildman–Crippen MR) is 62.2 cm³/mol. The highest BCUT2D eigenvalue weighted by atomic mass is 79.9. The molecule has 2 nitrogen and oxygen atoms in total. The highest BCUT2D eigenvalue weighted by Gasteiger charge is 2.29. The second-order valence-corrected chi connectivity index (χ2v) is 5.12. The first-order chi connectivity index (χ1) is 7.08. The number of carboxylic acids is 1. The Morgan fingerprint density at radius 1 is 1.53 bits per heavy atom. The summed E-state index contributed by atoms with van der Waals surface area (Å²) in [5, 5.41) is 8.84. The molecule has 0 radical (unpaired) electrons. The van der Waals surface area contributed by atoms with Gasteiger partial charge in [0.05, 0.1) is 6.42 Å². The summed E-state index contributed by atoms with van der Waals surface area (Å²) in [5.41, 5.74) is 2.52. The first kappa shape index (κ1) is 10.7. The van der Waals surface area contributed by atoms with Crippen LogP contribution in [0.5, 0.6) is 0 Å². The number of hydrogen-bond donors (Lipinski definition) is 1. The van der Waals surface area contributed by atoms with Crippen LogP contribution in [0.15, 0.2) is 22.7 Å². The van der Waals surface area contributed by atoms with E-state index in [0.717, 1.165) is 10.9 Å². The van der Waals surface area contributed by atoms with Gasteiger partial charge in [0.1, 0.15) is 0 Å². The Hall–Kier alpha value is -0.830. The average Bonchev–Trinajstić information content (AvgIpc) is 2.42. The zero-order chi connectivity index (χ0) is 11.0. The van der Waals surface area contributed by atoms with Crippen molar-refractivity contribution in [1.29, 1.82) is 0 Å². The summed E-state index contributed by atoms with van der Waals surface area (Å²) >= 11 is 3.43. The SMILES string of the molecule is CC1CC(CC(=O)O)c2cc(Br)ccc21. The van der Waals surface area contributed by atoms with Crippen molar-refractivity contribution in [2.75, 3.05) is 0 Å². The van der Waals surface area contributed by atoms with Gasteiger partial charge in [-0.05, 0) is 41.5 Å². The summed E-state index contributed by atoms with van der Waals surface area (Å²) in [5.74, 6) is -0.0394. The zero-order valence-electron chi connectivity index (χ0n) is 8.53. The molecular formula is C12H13BrO2. The van der Waals surface area contributed by atoms with Crippen molar-refractivity contribution < 1.29 is 9.90 Å². The van der Waals surface area contributed by atoms with Gasteiger partial charge in [0.2, 0.25) is 0 Å². The number of rotatable bonds is 2. The van der Waals surface area contributed by atoms with Crippen LogP contribution in [0.25, 0.3) is 0 Å². The maximum absolute atomic E-state index is 10.7. The standard InChI is InChI=1S/C12H13BrO2/c1-7-4-8(5-12(14)15)11-6-9(13)2-3-10(7)11/h2-3,6-8H,4-5H2,1H3,(H,14,15). The third kappa shape index (κ3) is 2.07. The van der Waals surface area contributed by atoms with Crippen LogP contribution in [0.3, 0.4) is 0 Å². The van der Waals surface area contributed by atoms with E-state index in [0.29, 0.717) is 5.92 Å². The third-order valence-electron chi connectivity index (χ3n) is 3.08. The molecule has 1 aliphatic carbocycles. The van der Waals surface area contributed by atoms with Gasteiger partial charge in [-0.3, -0.25) is 4.79 Å². The van der Waals surface area contributed by atoms with Crippen molar-refractivity contribution in [3.8, 4) is 0 Å². The lowest BCUT2D eigenvalue weighted by atomic mass is 9.98. The van der Waals surface area contributed by atoms with E-state index in [1.54, 1.807) is 0 Å². The molecule has 0 aliphatic heterocycles. The molecule has 0 amide bonds. The molecule has 1 aromatic carbocycles. The van der Waals surface area contributed by atoms with Crippen LogP contribution in [-0.4, -0.2) is 11.1 Å². The van der Waals surface area contributed by atoms with E-state index >= 15 is 0 Å². The van der Waals surface area contributed by atoms with Crippen molar-refractivity contribution in [2.24, 2.45) is 0 Å². The maximum Gasteiger partial charge on any atom is 0.303 e. The molecule has 0 fully saturated rings. The fourth-order valence-electron chi connectivity index (χ4n) is 2.43. The van der Waals surface area contributed by atoms with E-state index < -0.39 is 5.97 Å². The van der Waals surface area contributed by atoms with Gasteiger partial charge in [-0.15, -0.1) is 0 Å². The molecule has 0 heterocycles. The lowest BCUT2D eigenvalue weighted by Gasteiger charge is -2.08. The smallest absolute Gasteiger partial charge is 0.303 e. The summed E-state index contributed by atoms with van der Waals surface area (Å²) in [6.07, 6.45) is 1.20. The Morgan fingerprint density at radius 3 is 2.93 bits per heavy atom. The van der Waals surface area contributed by atoms with Gasteiger partial charge < -0.3 is 5.11 Å². The quantitative estimate of drug-likeness (QED) is 0.891. The number of carboxylic acid groups (broad SMARTS) is 1. The highest BCUT2D eigenvalue weighted by Crippen LogP contribution is 2.43. The first-order valence-corrected chi connectivity index (χ1v) is 5.88. The minimum Gasteiger partial charge on any atom is -0.481 e. The molecule has 2 rings (SSSR count). The van der Waals surface area contributed by atoms with Crippen LogP contribution in [0.4, 0.5) is 0 Å². The molecule has 1 N–H and O–H groups in total. The van der Waals surface area contributed by atoms with Crippen LogP contribution < -0.4 is 0 Å². The molecule has 0 saturated heterocycles. The second kappa shape index (κ2) is 3.97. The fourth-order valence-corrected chi connectivity index (χ4v) is 2.81. The number of halogens is 1. The van der Waals surface area contributed by atoms with Crippen molar-refractivity contribution in [3.05, 3.63) is 33.8 Å². The second-order valence-electron chi connectivity index (χ2n) is 4.20. The van der Waals surface area contributed by atoms with Gasteiger partial charge >= 0.3 is 5.97 Å². The van der Waals surface area contributed by atoms with Gasteiger partial charge in [0.25, 0.3) is 0 Å². The minimum absolute atomic E-state index is 0.185. The maximum atomic E-state index is 10.7. The third-order valence-corrected chi connectivity index (χ3v) is 3.57. The summed E-state index contributed by atoms with van der Waals surface area (Å²) in [6, 6.07) is 6.19. The van der Waals surface area contributed by atoms with Crippen molar-refractivity contribution in [1.82, 2.24) is 0 Å². The Kier molecular flexibility index (Phi) is 2.83. The van der Waals surface area contributed by atoms with E-state index in [1.165, 1.54) is 11.1 Å². The van der Waals surface area contributed by atoms with E-state index in [1.807, 2.05) is 6.07 Å². The molecule has 0 spiro atoms. The Balaban J connectivity index is 2.35. The average molecular weight is 269 g/mol. The topological polar surface area (TPSA) is 37.3 Å². The molecule has 3 heteroatoms. The van der Waals surface area contributed by atoms with Gasteiger partial charge in [-0.2, -0.15) is 0 Å². The number of benzene rings is 1. The van der Waals surface area contributed by atoms with Gasteiger partial charge in [-0.25, -0.2) is 0 Å². The van der Waals surface area contributed by atoms with E-state index in [-0.39, 0.29) is 12.3 Å². The fraction of sp³-hybridized carbons (Fsp3) is 0.417. The summed E-state index contributed by atoms with van der Waals surface area (Å²) < 4.78 is 1.03. The minimum atomic E-state index is -0.708. The summed E-state index contributed by atoms with van der Waals surface area (Å²) in [6.45, 7) is 2.16. The van der Waals surface area contributed by atoms with Crippen molar-refractivity contribution >= 4 is 21.9 Å². The van der Waals surface area contributed by atoms with E-state index in [9.17, 15) is 4.79 Å². The molecule has 1 aliphatic rings. The predicted octanol–water partition coefficient (Wildman–Crippen LogP) is 3.51. The molecular weight excluding hydrogens is 256 g/mol. The molecule has 15 heavy (non-hydrogen) atoms. The molecule has 1 aromatic rings. The van der Waals surface area contributed by atoms with Crippen molar-refractivity contribution in [2.45, 2.75) is 31.6 Å². The Bertz CT molecular complexity index is 401. The summed E-state index contributed by atoms with van der Waals surface area (Å²) in [7, 11) is 0. The van der Waals surface area contributed by atoms with Gasteiger partial charge in [-0.1, -0.05) is 28.9 Å². The van der Waals surface area contributed by atoms with Crippen LogP contribution >= 0.6 is 15.9 Å². The Labute approximate surface area is 97.4 Å². The lowest BCUT2D eigenvalue weighted by molar-refractivity contribution is -0.137. The number of aliphatic carboxylic acids is 1. The van der Waals surface area contributed by atoms with E-state index in [2.05, 4.69) is 35.0 Å². The normalized spacial score (nSPS) is 23.9. The molecule has 2 unspecified atom stereocenters. The zero-order valence-corrected chi connectivity index (χ0v) is 10.1. The largest absolute Gasteiger partial charge is 0.481 e. The van der Waals surface area contributed by atoms with Gasteiger partial charge in [0, 0.05) is 4.47 Å². The molecule has 80 valence electrons. The monoisotopic (exact) mass is 268 g/mol. The van der Waals surface area contributed by atoms with Crippen molar-refractivity contribution in [3.63, 3.8) is 0 Å². The molecule has 2 atom stereocenters. The number of fused-ring (bicyclic) bond motifs is 1. The lowest BCUT2D eigenvalue weighted by Crippen LogP contribution is -2.03. The number of carbonyl (C=O) groups is 1. The number of hydrogen-bond acceptors (Lipinski definition) is 1. The highest BCUT2D eigenvalue weighted by molar-refractivity contribution is 9.10. The van der Waals surface area contributed by atoms with Crippen LogP contribution in [-0.2, 0) is 4.79 Å². The van der Waals surface area contributed by atoms with Gasteiger partial charge in [0.15, 0.2) is 0 Å². The Morgan fingerprint density at radius 2 is 2.27 bits per heavy atom. The van der Waals surface area contributed by atoms with Crippen LogP contribution in [0.2, 0.25) is 0 Å². The molecule has 0 bridgehead atoms. The van der Waals surface area contributed by atoms with Crippen LogP contribution in [0.1, 0.15) is 42.7 Å². The first-order valence-electron chi connectivity index (χ1n) is 5.09. The van der Waals surface area contributed by atoms with Crippen LogP contribution in [0, 0.1) is 0 Å². The van der Waals surface area contributed by atoms with E-state index in [4.69, 9.17) is 5.11 Å². The molecule has 0 aromatic heterocycles. The summed E-state index contributed by atoms with van der Waals surface area (Å²) in [4.78, 5) is 10.7.